The van der Waals surface area contributed by atoms with Crippen LogP contribution in [0.5, 0.6) is 11.5 Å². The van der Waals surface area contributed by atoms with E-state index in [0.717, 1.165) is 5.56 Å². The average molecular weight is 512 g/mol. The third-order valence-electron chi connectivity index (χ3n) is 6.12. The number of carbonyl (C=O) groups is 2. The van der Waals surface area contributed by atoms with E-state index in [2.05, 4.69) is 5.32 Å². The normalized spacial score (nSPS) is 19.8. The molecule has 2 aliphatic heterocycles. The van der Waals surface area contributed by atoms with Crippen molar-refractivity contribution in [2.45, 2.75) is 51.7 Å². The first-order valence-corrected chi connectivity index (χ1v) is 12.0. The van der Waals surface area contributed by atoms with Gasteiger partial charge < -0.3 is 24.3 Å². The minimum atomic E-state index is -0.733. The van der Waals surface area contributed by atoms with E-state index >= 15 is 0 Å². The molecule has 0 aromatic heterocycles. The molecule has 0 aliphatic carbocycles. The van der Waals surface area contributed by atoms with Gasteiger partial charge in [-0.3, -0.25) is 0 Å². The third kappa shape index (κ3) is 4.93. The molecule has 2 heterocycles. The standard InChI is InChI=1S/C28H30ClNO6/c1-15-23(27(32)36-28(2,3)4)24(17-9-7-8-10-18(17)29)25-19(30-15)14-21(35-26(25)31)16-11-12-20(33-5)22(13-16)34-6/h7-13,21,24,30H,14H2,1-6H3. The molecule has 2 unspecified atom stereocenters. The number of ether oxygens (including phenoxy) is 4. The number of nitrogens with one attached hydrogen (secondary N) is 1. The summed E-state index contributed by atoms with van der Waals surface area (Å²) in [6.07, 6.45) is -0.164. The van der Waals surface area contributed by atoms with Crippen molar-refractivity contribution in [3.8, 4) is 11.5 Å². The molecule has 2 aromatic rings. The molecule has 0 saturated heterocycles. The summed E-state index contributed by atoms with van der Waals surface area (Å²) < 4.78 is 22.4. The maximum atomic E-state index is 13.6. The van der Waals surface area contributed by atoms with E-state index in [9.17, 15) is 9.59 Å². The van der Waals surface area contributed by atoms with Gasteiger partial charge in [-0.25, -0.2) is 9.59 Å². The molecule has 0 saturated carbocycles. The number of cyclic esters (lactones) is 1. The number of allylic oxidation sites excluding steroid dienone is 1. The van der Waals surface area contributed by atoms with E-state index in [1.807, 2.05) is 18.2 Å². The summed E-state index contributed by atoms with van der Waals surface area (Å²) in [5.41, 5.74) is 2.66. The van der Waals surface area contributed by atoms with Crippen LogP contribution in [0.15, 0.2) is 65.0 Å². The van der Waals surface area contributed by atoms with Crippen LogP contribution in [0.2, 0.25) is 5.02 Å². The van der Waals surface area contributed by atoms with Crippen LogP contribution < -0.4 is 14.8 Å². The number of dihydropyridines is 1. The van der Waals surface area contributed by atoms with Crippen LogP contribution in [-0.4, -0.2) is 31.8 Å². The van der Waals surface area contributed by atoms with E-state index in [-0.39, 0.29) is 0 Å². The molecular weight excluding hydrogens is 482 g/mol. The second kappa shape index (κ2) is 9.90. The zero-order valence-corrected chi connectivity index (χ0v) is 22.0. The summed E-state index contributed by atoms with van der Waals surface area (Å²) in [4.78, 5) is 26.9. The minimum Gasteiger partial charge on any atom is -0.493 e. The van der Waals surface area contributed by atoms with E-state index in [4.69, 9.17) is 30.5 Å². The molecule has 0 bridgehead atoms. The Bertz CT molecular complexity index is 1270. The van der Waals surface area contributed by atoms with Gasteiger partial charge in [-0.15, -0.1) is 0 Å². The Labute approximate surface area is 216 Å². The Morgan fingerprint density at radius 1 is 1.08 bits per heavy atom. The molecule has 0 radical (unpaired) electrons. The lowest BCUT2D eigenvalue weighted by Gasteiger charge is -2.37. The molecule has 190 valence electrons. The summed E-state index contributed by atoms with van der Waals surface area (Å²) in [6, 6.07) is 12.6. The first-order chi connectivity index (χ1) is 17.0. The Kier molecular flexibility index (Phi) is 7.05. The Morgan fingerprint density at radius 3 is 2.42 bits per heavy atom. The number of methoxy groups -OCH3 is 2. The van der Waals surface area contributed by atoms with Crippen LogP contribution in [0.1, 0.15) is 57.3 Å². The Hall–Kier alpha value is -3.45. The lowest BCUT2D eigenvalue weighted by molar-refractivity contribution is -0.150. The molecule has 4 rings (SSSR count). The fraction of sp³-hybridized carbons (Fsp3) is 0.357. The largest absolute Gasteiger partial charge is 0.493 e. The monoisotopic (exact) mass is 511 g/mol. The molecule has 2 aliphatic rings. The summed E-state index contributed by atoms with van der Waals surface area (Å²) in [6.45, 7) is 7.21. The van der Waals surface area contributed by atoms with Gasteiger partial charge in [0.05, 0.1) is 31.3 Å². The Balaban J connectivity index is 1.79. The fourth-order valence-corrected chi connectivity index (χ4v) is 4.83. The number of halogens is 1. The van der Waals surface area contributed by atoms with Crippen LogP contribution in [0.25, 0.3) is 0 Å². The highest BCUT2D eigenvalue weighted by molar-refractivity contribution is 6.31. The van der Waals surface area contributed by atoms with E-state index in [0.29, 0.717) is 51.0 Å². The number of benzene rings is 2. The maximum absolute atomic E-state index is 13.6. The molecule has 36 heavy (non-hydrogen) atoms. The van der Waals surface area contributed by atoms with Crippen molar-refractivity contribution in [2.75, 3.05) is 14.2 Å². The summed E-state index contributed by atoms with van der Waals surface area (Å²) in [5.74, 6) is -0.650. The molecule has 2 aromatic carbocycles. The van der Waals surface area contributed by atoms with Gasteiger partial charge in [0.1, 0.15) is 11.7 Å². The SMILES string of the molecule is COc1ccc(C2CC3=C(C(=O)O2)C(c2ccccc2Cl)C(C(=O)OC(C)(C)C)=C(C)N3)cc1OC. The van der Waals surface area contributed by atoms with Gasteiger partial charge in [0, 0.05) is 22.8 Å². The van der Waals surface area contributed by atoms with E-state index in [1.54, 1.807) is 66.2 Å². The summed E-state index contributed by atoms with van der Waals surface area (Å²) in [7, 11) is 3.12. The second-order valence-electron chi connectivity index (χ2n) is 9.72. The highest BCUT2D eigenvalue weighted by Gasteiger charge is 2.44. The fourth-order valence-electron chi connectivity index (χ4n) is 4.58. The maximum Gasteiger partial charge on any atom is 0.337 e. The van der Waals surface area contributed by atoms with Crippen molar-refractivity contribution in [3.05, 3.63) is 81.2 Å². The van der Waals surface area contributed by atoms with Gasteiger partial charge in [-0.05, 0) is 57.0 Å². The van der Waals surface area contributed by atoms with Crippen LogP contribution in [0, 0.1) is 0 Å². The quantitative estimate of drug-likeness (QED) is 0.523. The van der Waals surface area contributed by atoms with Crippen molar-refractivity contribution in [3.63, 3.8) is 0 Å². The predicted octanol–water partition coefficient (Wildman–Crippen LogP) is 5.60. The van der Waals surface area contributed by atoms with Crippen molar-refractivity contribution in [1.29, 1.82) is 0 Å². The summed E-state index contributed by atoms with van der Waals surface area (Å²) in [5, 5.41) is 3.74. The molecule has 7 nitrogen and oxygen atoms in total. The third-order valence-corrected chi connectivity index (χ3v) is 6.46. The molecule has 0 amide bonds. The van der Waals surface area contributed by atoms with Crippen molar-refractivity contribution < 1.29 is 28.5 Å². The minimum absolute atomic E-state index is 0.332. The molecule has 1 N–H and O–H groups in total. The number of esters is 2. The topological polar surface area (TPSA) is 83.1 Å². The first kappa shape index (κ1) is 25.6. The summed E-state index contributed by atoms with van der Waals surface area (Å²) >= 11 is 6.58. The van der Waals surface area contributed by atoms with Crippen molar-refractivity contribution in [1.82, 2.24) is 5.32 Å². The molecule has 0 spiro atoms. The second-order valence-corrected chi connectivity index (χ2v) is 10.1. The lowest BCUT2D eigenvalue weighted by Crippen LogP contribution is -2.38. The van der Waals surface area contributed by atoms with Gasteiger partial charge >= 0.3 is 11.9 Å². The van der Waals surface area contributed by atoms with Crippen LogP contribution in [0.4, 0.5) is 0 Å². The van der Waals surface area contributed by atoms with Gasteiger partial charge in [-0.2, -0.15) is 0 Å². The zero-order valence-electron chi connectivity index (χ0n) is 21.2. The van der Waals surface area contributed by atoms with E-state index in [1.165, 1.54) is 0 Å². The van der Waals surface area contributed by atoms with Crippen LogP contribution in [-0.2, 0) is 19.1 Å². The highest BCUT2D eigenvalue weighted by Crippen LogP contribution is 2.47. The first-order valence-electron chi connectivity index (χ1n) is 11.7. The average Bonchev–Trinajstić information content (AvgIpc) is 2.81. The number of rotatable bonds is 5. The van der Waals surface area contributed by atoms with Gasteiger partial charge in [0.2, 0.25) is 0 Å². The van der Waals surface area contributed by atoms with Gasteiger partial charge in [0.25, 0.3) is 0 Å². The molecule has 0 fully saturated rings. The number of hydrogen-bond acceptors (Lipinski definition) is 7. The number of hydrogen-bond donors (Lipinski definition) is 1. The zero-order chi connectivity index (χ0) is 26.2. The van der Waals surface area contributed by atoms with Gasteiger partial charge in [0.15, 0.2) is 11.5 Å². The molecular formula is C28H30ClNO6. The van der Waals surface area contributed by atoms with Crippen LogP contribution in [0.3, 0.4) is 0 Å². The Morgan fingerprint density at radius 2 is 1.78 bits per heavy atom. The van der Waals surface area contributed by atoms with Crippen molar-refractivity contribution >= 4 is 23.5 Å². The van der Waals surface area contributed by atoms with E-state index < -0.39 is 29.6 Å². The smallest absolute Gasteiger partial charge is 0.337 e. The predicted molar refractivity (Wildman–Crippen MR) is 136 cm³/mol. The van der Waals surface area contributed by atoms with Crippen molar-refractivity contribution in [2.24, 2.45) is 0 Å². The highest BCUT2D eigenvalue weighted by atomic mass is 35.5. The molecule has 2 atom stereocenters. The molecule has 8 heteroatoms. The lowest BCUT2D eigenvalue weighted by atomic mass is 9.78. The number of carbonyl (C=O) groups excluding carboxylic acids is 2. The van der Waals surface area contributed by atoms with Gasteiger partial charge in [-0.1, -0.05) is 35.9 Å². The van der Waals surface area contributed by atoms with Crippen LogP contribution >= 0.6 is 11.6 Å².